The Morgan fingerprint density at radius 2 is 1.97 bits per heavy atom. The Hall–Kier alpha value is -2.70. The predicted octanol–water partition coefficient (Wildman–Crippen LogP) is 1.90. The van der Waals surface area contributed by atoms with Crippen LogP contribution in [0, 0.1) is 24.2 Å². The predicted molar refractivity (Wildman–Crippen MR) is 112 cm³/mol. The van der Waals surface area contributed by atoms with Gasteiger partial charge in [0.15, 0.2) is 0 Å². The van der Waals surface area contributed by atoms with Crippen LogP contribution in [0.15, 0.2) is 24.7 Å². The summed E-state index contributed by atoms with van der Waals surface area (Å²) in [5.41, 5.74) is 4.41. The van der Waals surface area contributed by atoms with Gasteiger partial charge in [-0.1, -0.05) is 0 Å². The second kappa shape index (κ2) is 7.22. The van der Waals surface area contributed by atoms with Gasteiger partial charge in [-0.2, -0.15) is 5.10 Å². The Balaban J connectivity index is 1.10. The zero-order valence-corrected chi connectivity index (χ0v) is 17.7. The zero-order valence-electron chi connectivity index (χ0n) is 17.7. The number of aromatic nitrogens is 3. The standard InChI is InChI=1S/C23H29N5O2/c1-15-20(14-26-27(15)2)22(30)28-7-4-23(5-8-28)11-19(23)13-25-21(29)17-9-16-3-6-24-12-18(16)10-17/h3,6,12,14,17,19H,4-5,7-11,13H2,1-2H3,(H,25,29). The molecule has 2 unspecified atom stereocenters. The molecule has 0 bridgehead atoms. The van der Waals surface area contributed by atoms with Crippen molar-refractivity contribution in [1.82, 2.24) is 25.0 Å². The van der Waals surface area contributed by atoms with E-state index in [-0.39, 0.29) is 17.7 Å². The summed E-state index contributed by atoms with van der Waals surface area (Å²) in [6.07, 6.45) is 10.2. The molecule has 2 aromatic rings. The minimum atomic E-state index is 0.0427. The van der Waals surface area contributed by atoms with Crippen LogP contribution in [0.4, 0.5) is 0 Å². The first kappa shape index (κ1) is 19.3. The number of carbonyl (C=O) groups is 2. The summed E-state index contributed by atoms with van der Waals surface area (Å²) in [4.78, 5) is 31.6. The number of amides is 2. The van der Waals surface area contributed by atoms with E-state index in [1.165, 1.54) is 11.1 Å². The largest absolute Gasteiger partial charge is 0.356 e. The molecule has 2 aromatic heterocycles. The van der Waals surface area contributed by atoms with Gasteiger partial charge < -0.3 is 10.2 Å². The Labute approximate surface area is 176 Å². The summed E-state index contributed by atoms with van der Waals surface area (Å²) in [5, 5.41) is 7.41. The molecule has 5 rings (SSSR count). The molecular formula is C23H29N5O2. The average Bonchev–Trinajstić information content (AvgIpc) is 3.08. The fraction of sp³-hybridized carbons (Fsp3) is 0.565. The molecular weight excluding hydrogens is 378 g/mol. The van der Waals surface area contributed by atoms with Gasteiger partial charge in [-0.25, -0.2) is 0 Å². The van der Waals surface area contributed by atoms with E-state index in [9.17, 15) is 9.59 Å². The Morgan fingerprint density at radius 1 is 1.20 bits per heavy atom. The van der Waals surface area contributed by atoms with Crippen molar-refractivity contribution in [2.75, 3.05) is 19.6 Å². The summed E-state index contributed by atoms with van der Waals surface area (Å²) in [5.74, 6) is 0.856. The van der Waals surface area contributed by atoms with Gasteiger partial charge in [-0.3, -0.25) is 19.3 Å². The van der Waals surface area contributed by atoms with Gasteiger partial charge >= 0.3 is 0 Å². The molecule has 1 aliphatic heterocycles. The normalized spacial score (nSPS) is 24.0. The highest BCUT2D eigenvalue weighted by Crippen LogP contribution is 2.59. The molecule has 2 atom stereocenters. The topological polar surface area (TPSA) is 80.1 Å². The van der Waals surface area contributed by atoms with Crippen LogP contribution >= 0.6 is 0 Å². The lowest BCUT2D eigenvalue weighted by atomic mass is 9.90. The third-order valence-corrected chi connectivity index (χ3v) is 7.70. The third kappa shape index (κ3) is 3.30. The maximum absolute atomic E-state index is 12.8. The lowest BCUT2D eigenvalue weighted by Crippen LogP contribution is -2.40. The summed E-state index contributed by atoms with van der Waals surface area (Å²) in [6, 6.07) is 2.03. The molecule has 2 amide bonds. The van der Waals surface area contributed by atoms with Crippen LogP contribution in [0.5, 0.6) is 0 Å². The summed E-state index contributed by atoms with van der Waals surface area (Å²) in [7, 11) is 1.86. The number of nitrogens with one attached hydrogen (secondary N) is 1. The smallest absolute Gasteiger partial charge is 0.257 e. The minimum Gasteiger partial charge on any atom is -0.356 e. The van der Waals surface area contributed by atoms with E-state index in [0.717, 1.165) is 57.4 Å². The van der Waals surface area contributed by atoms with Gasteiger partial charge in [0.25, 0.3) is 5.91 Å². The van der Waals surface area contributed by atoms with Crippen molar-refractivity contribution < 1.29 is 9.59 Å². The molecule has 1 spiro atoms. The van der Waals surface area contributed by atoms with Gasteiger partial charge in [0, 0.05) is 50.7 Å². The van der Waals surface area contributed by atoms with E-state index in [4.69, 9.17) is 0 Å². The van der Waals surface area contributed by atoms with Crippen LogP contribution in [0.1, 0.15) is 46.4 Å². The van der Waals surface area contributed by atoms with Gasteiger partial charge in [-0.15, -0.1) is 0 Å². The highest BCUT2D eigenvalue weighted by molar-refractivity contribution is 5.95. The van der Waals surface area contributed by atoms with Crippen LogP contribution in [0.25, 0.3) is 0 Å². The lowest BCUT2D eigenvalue weighted by molar-refractivity contribution is -0.124. The van der Waals surface area contributed by atoms with E-state index < -0.39 is 0 Å². The van der Waals surface area contributed by atoms with Crippen molar-refractivity contribution in [2.45, 2.75) is 39.0 Å². The molecule has 3 aliphatic rings. The van der Waals surface area contributed by atoms with Crippen LogP contribution in [-0.2, 0) is 24.7 Å². The van der Waals surface area contributed by atoms with Crippen LogP contribution in [0.2, 0.25) is 0 Å². The van der Waals surface area contributed by atoms with E-state index >= 15 is 0 Å². The molecule has 7 heteroatoms. The summed E-state index contributed by atoms with van der Waals surface area (Å²) < 4.78 is 1.75. The van der Waals surface area contributed by atoms with Crippen molar-refractivity contribution >= 4 is 11.8 Å². The van der Waals surface area contributed by atoms with Crippen molar-refractivity contribution in [1.29, 1.82) is 0 Å². The number of nitrogens with zero attached hydrogens (tertiary/aromatic N) is 4. The summed E-state index contributed by atoms with van der Waals surface area (Å²) >= 11 is 0. The van der Waals surface area contributed by atoms with E-state index in [1.54, 1.807) is 17.1 Å². The zero-order chi connectivity index (χ0) is 20.9. The van der Waals surface area contributed by atoms with Crippen molar-refractivity contribution in [3.63, 3.8) is 0 Å². The second-order valence-corrected chi connectivity index (χ2v) is 9.32. The molecule has 1 saturated carbocycles. The van der Waals surface area contributed by atoms with Gasteiger partial charge in [0.05, 0.1) is 11.8 Å². The van der Waals surface area contributed by atoms with Crippen LogP contribution < -0.4 is 5.32 Å². The number of hydrogen-bond acceptors (Lipinski definition) is 4. The molecule has 158 valence electrons. The maximum Gasteiger partial charge on any atom is 0.257 e. The number of pyridine rings is 1. The number of carbonyl (C=O) groups excluding carboxylic acids is 2. The van der Waals surface area contributed by atoms with Crippen molar-refractivity contribution in [3.05, 3.63) is 47.0 Å². The number of fused-ring (bicyclic) bond motifs is 1. The maximum atomic E-state index is 12.8. The van der Waals surface area contributed by atoms with E-state index in [2.05, 4.69) is 15.4 Å². The van der Waals surface area contributed by atoms with Crippen LogP contribution in [-0.4, -0.2) is 51.1 Å². The van der Waals surface area contributed by atoms with E-state index in [0.29, 0.717) is 16.9 Å². The monoisotopic (exact) mass is 407 g/mol. The summed E-state index contributed by atoms with van der Waals surface area (Å²) in [6.45, 7) is 4.29. The first-order valence-electron chi connectivity index (χ1n) is 10.9. The highest BCUT2D eigenvalue weighted by Gasteiger charge is 2.55. The first-order valence-corrected chi connectivity index (χ1v) is 10.9. The molecule has 3 heterocycles. The first-order chi connectivity index (χ1) is 14.5. The number of piperidine rings is 1. The van der Waals surface area contributed by atoms with Crippen molar-refractivity contribution in [3.8, 4) is 0 Å². The number of aryl methyl sites for hydroxylation is 1. The fourth-order valence-electron chi connectivity index (χ4n) is 5.36. The molecule has 1 N–H and O–H groups in total. The highest BCUT2D eigenvalue weighted by atomic mass is 16.2. The molecule has 2 fully saturated rings. The van der Waals surface area contributed by atoms with Crippen LogP contribution in [0.3, 0.4) is 0 Å². The minimum absolute atomic E-state index is 0.0427. The molecule has 30 heavy (non-hydrogen) atoms. The second-order valence-electron chi connectivity index (χ2n) is 9.32. The Morgan fingerprint density at radius 3 is 2.67 bits per heavy atom. The van der Waals surface area contributed by atoms with Gasteiger partial charge in [0.2, 0.25) is 5.91 Å². The van der Waals surface area contributed by atoms with Gasteiger partial charge in [-0.05, 0) is 67.6 Å². The number of hydrogen-bond donors (Lipinski definition) is 1. The molecule has 2 aliphatic carbocycles. The van der Waals surface area contributed by atoms with E-state index in [1.807, 2.05) is 31.1 Å². The Kier molecular flexibility index (Phi) is 4.64. The fourth-order valence-corrected chi connectivity index (χ4v) is 5.36. The van der Waals surface area contributed by atoms with Gasteiger partial charge in [0.1, 0.15) is 0 Å². The molecule has 0 aromatic carbocycles. The molecule has 7 nitrogen and oxygen atoms in total. The third-order valence-electron chi connectivity index (χ3n) is 7.70. The number of likely N-dealkylation sites (tertiary alicyclic amines) is 1. The molecule has 0 radical (unpaired) electrons. The SMILES string of the molecule is Cc1c(C(=O)N2CCC3(CC2)CC3CNC(=O)C2Cc3ccncc3C2)cnn1C. The number of rotatable bonds is 4. The average molecular weight is 408 g/mol. The Bertz CT molecular complexity index is 964. The molecule has 1 saturated heterocycles. The quantitative estimate of drug-likeness (QED) is 0.840. The van der Waals surface area contributed by atoms with Crippen molar-refractivity contribution in [2.24, 2.45) is 24.3 Å². The lowest BCUT2D eigenvalue weighted by Gasteiger charge is -2.33.